The van der Waals surface area contributed by atoms with E-state index in [9.17, 15) is 0 Å². The van der Waals surface area contributed by atoms with Gasteiger partial charge < -0.3 is 19.4 Å². The maximum Gasteiger partial charge on any atom is 0.216 e. The van der Waals surface area contributed by atoms with Crippen molar-refractivity contribution in [3.8, 4) is 17.3 Å². The van der Waals surface area contributed by atoms with E-state index in [2.05, 4.69) is 25.5 Å². The molecule has 3 rings (SSSR count). The van der Waals surface area contributed by atoms with Gasteiger partial charge in [-0.25, -0.2) is 4.98 Å². The summed E-state index contributed by atoms with van der Waals surface area (Å²) >= 11 is 0. The number of furan rings is 1. The molecule has 0 unspecified atom stereocenters. The van der Waals surface area contributed by atoms with Gasteiger partial charge in [0, 0.05) is 27.1 Å². The largest absolute Gasteiger partial charge is 0.492 e. The van der Waals surface area contributed by atoms with Gasteiger partial charge in [-0.2, -0.15) is 5.10 Å². The molecule has 0 bridgehead atoms. The molecule has 2 N–H and O–H groups in total. The minimum absolute atomic E-state index is 0. The number of nitrogens with one attached hydrogen (secondary N) is 2. The normalized spacial score (nSPS) is 11.0. The van der Waals surface area contributed by atoms with Crippen LogP contribution in [0.5, 0.6) is 5.75 Å². The summed E-state index contributed by atoms with van der Waals surface area (Å²) in [5.41, 5.74) is 0. The fraction of sp³-hybridized carbons (Fsp3) is 0.316. The molecule has 150 valence electrons. The van der Waals surface area contributed by atoms with Crippen molar-refractivity contribution >= 4 is 29.9 Å². The van der Waals surface area contributed by atoms with Crippen molar-refractivity contribution < 1.29 is 9.15 Å². The fourth-order valence-electron chi connectivity index (χ4n) is 2.52. The van der Waals surface area contributed by atoms with E-state index in [1.807, 2.05) is 54.4 Å². The number of aromatic nitrogens is 3. The average molecular weight is 496 g/mol. The maximum atomic E-state index is 5.73. The van der Waals surface area contributed by atoms with Crippen LogP contribution in [-0.4, -0.2) is 59.8 Å². The Hall–Kier alpha value is -2.56. The molecule has 0 radical (unpaired) electrons. The van der Waals surface area contributed by atoms with Gasteiger partial charge in [-0.15, -0.1) is 24.0 Å². The molecule has 0 aliphatic heterocycles. The number of benzene rings is 1. The average Bonchev–Trinajstić information content (AvgIpc) is 3.37. The highest BCUT2D eigenvalue weighted by atomic mass is 127. The number of H-pyrrole nitrogens is 1. The first-order valence-corrected chi connectivity index (χ1v) is 8.81. The number of aromatic amines is 1. The molecule has 0 saturated heterocycles. The first kappa shape index (κ1) is 21.7. The standard InChI is InChI=1S/C19H24N6O2.HI/c1-20-19(25(2)12-14-26-15-7-4-3-5-8-15)21-11-10-17-22-18(24-23-17)16-9-6-13-27-16;/h3-9,13H,10-12,14H2,1-2H3,(H,20,21)(H,22,23,24);1H. The van der Waals surface area contributed by atoms with Crippen LogP contribution in [0.3, 0.4) is 0 Å². The zero-order valence-electron chi connectivity index (χ0n) is 16.0. The van der Waals surface area contributed by atoms with E-state index < -0.39 is 0 Å². The zero-order chi connectivity index (χ0) is 18.9. The van der Waals surface area contributed by atoms with Gasteiger partial charge in [0.1, 0.15) is 18.2 Å². The molecule has 0 aliphatic carbocycles. The van der Waals surface area contributed by atoms with Gasteiger partial charge in [-0.05, 0) is 24.3 Å². The second-order valence-corrected chi connectivity index (χ2v) is 5.89. The van der Waals surface area contributed by atoms with Gasteiger partial charge >= 0.3 is 0 Å². The molecule has 0 saturated carbocycles. The van der Waals surface area contributed by atoms with Crippen LogP contribution in [0.25, 0.3) is 11.6 Å². The van der Waals surface area contributed by atoms with Crippen molar-refractivity contribution in [2.45, 2.75) is 6.42 Å². The van der Waals surface area contributed by atoms with Gasteiger partial charge in [-0.1, -0.05) is 18.2 Å². The molecule has 1 aromatic carbocycles. The van der Waals surface area contributed by atoms with Crippen molar-refractivity contribution in [2.75, 3.05) is 33.8 Å². The Balaban J connectivity index is 0.00000280. The number of nitrogens with zero attached hydrogens (tertiary/aromatic N) is 4. The quantitative estimate of drug-likeness (QED) is 0.283. The number of aliphatic imine (C=N–C) groups is 1. The van der Waals surface area contributed by atoms with Crippen molar-refractivity contribution in [1.29, 1.82) is 0 Å². The van der Waals surface area contributed by atoms with Crippen LogP contribution < -0.4 is 10.1 Å². The summed E-state index contributed by atoms with van der Waals surface area (Å²) < 4.78 is 11.0. The number of halogens is 1. The molecule has 3 aromatic rings. The lowest BCUT2D eigenvalue weighted by Crippen LogP contribution is -2.41. The van der Waals surface area contributed by atoms with E-state index in [1.165, 1.54) is 0 Å². The third-order valence-electron chi connectivity index (χ3n) is 3.93. The molecule has 2 aromatic heterocycles. The Bertz CT molecular complexity index is 835. The summed E-state index contributed by atoms with van der Waals surface area (Å²) in [5, 5.41) is 10.4. The molecular formula is C19H25IN6O2. The molecule has 2 heterocycles. The minimum Gasteiger partial charge on any atom is -0.492 e. The third-order valence-corrected chi connectivity index (χ3v) is 3.93. The highest BCUT2D eigenvalue weighted by Gasteiger charge is 2.09. The van der Waals surface area contributed by atoms with E-state index >= 15 is 0 Å². The molecule has 9 heteroatoms. The van der Waals surface area contributed by atoms with Crippen LogP contribution in [0.2, 0.25) is 0 Å². The summed E-state index contributed by atoms with van der Waals surface area (Å²) in [6.45, 7) is 1.98. The van der Waals surface area contributed by atoms with Gasteiger partial charge in [0.25, 0.3) is 0 Å². The monoisotopic (exact) mass is 496 g/mol. The predicted molar refractivity (Wildman–Crippen MR) is 119 cm³/mol. The first-order valence-electron chi connectivity index (χ1n) is 8.81. The molecule has 0 amide bonds. The maximum absolute atomic E-state index is 5.73. The van der Waals surface area contributed by atoms with Gasteiger partial charge in [0.2, 0.25) is 5.82 Å². The second-order valence-electron chi connectivity index (χ2n) is 5.89. The Labute approximate surface area is 181 Å². The Kier molecular flexibility index (Phi) is 8.79. The van der Waals surface area contributed by atoms with Crippen molar-refractivity contribution in [3.05, 3.63) is 54.6 Å². The Morgan fingerprint density at radius 3 is 2.79 bits per heavy atom. The number of hydrogen-bond acceptors (Lipinski definition) is 5. The topological polar surface area (TPSA) is 91.6 Å². The van der Waals surface area contributed by atoms with Crippen molar-refractivity contribution in [3.63, 3.8) is 0 Å². The zero-order valence-corrected chi connectivity index (χ0v) is 18.3. The van der Waals surface area contributed by atoms with E-state index in [1.54, 1.807) is 13.3 Å². The summed E-state index contributed by atoms with van der Waals surface area (Å²) in [7, 11) is 3.74. The van der Waals surface area contributed by atoms with Crippen LogP contribution in [0.1, 0.15) is 5.82 Å². The van der Waals surface area contributed by atoms with Gasteiger partial charge in [0.05, 0.1) is 12.8 Å². The van der Waals surface area contributed by atoms with Crippen LogP contribution in [-0.2, 0) is 6.42 Å². The van der Waals surface area contributed by atoms with Gasteiger partial charge in [-0.3, -0.25) is 10.1 Å². The number of hydrogen-bond donors (Lipinski definition) is 2. The SMILES string of the molecule is CN=C(NCCc1nc(-c2ccco2)n[nH]1)N(C)CCOc1ccccc1.I. The second kappa shape index (κ2) is 11.3. The number of guanidine groups is 1. The lowest BCUT2D eigenvalue weighted by atomic mass is 10.3. The summed E-state index contributed by atoms with van der Waals surface area (Å²) in [5.74, 6) is 3.68. The molecule has 8 nitrogen and oxygen atoms in total. The Morgan fingerprint density at radius 1 is 1.25 bits per heavy atom. The Morgan fingerprint density at radius 2 is 2.07 bits per heavy atom. The fourth-order valence-corrected chi connectivity index (χ4v) is 2.52. The predicted octanol–water partition coefficient (Wildman–Crippen LogP) is 2.81. The lowest BCUT2D eigenvalue weighted by molar-refractivity contribution is 0.281. The minimum atomic E-state index is 0. The molecular weight excluding hydrogens is 471 g/mol. The number of rotatable bonds is 8. The van der Waals surface area contributed by atoms with E-state index in [4.69, 9.17) is 9.15 Å². The van der Waals surface area contributed by atoms with Gasteiger partial charge in [0.15, 0.2) is 11.7 Å². The number of para-hydroxylation sites is 1. The molecule has 0 spiro atoms. The molecule has 0 atom stereocenters. The van der Waals surface area contributed by atoms with E-state index in [-0.39, 0.29) is 24.0 Å². The van der Waals surface area contributed by atoms with Crippen molar-refractivity contribution in [1.82, 2.24) is 25.4 Å². The number of likely N-dealkylation sites (N-methyl/N-ethyl adjacent to an activating group) is 1. The van der Waals surface area contributed by atoms with Crippen LogP contribution in [0.4, 0.5) is 0 Å². The summed E-state index contributed by atoms with van der Waals surface area (Å²) in [4.78, 5) is 10.8. The molecule has 0 aliphatic rings. The smallest absolute Gasteiger partial charge is 0.216 e. The molecule has 28 heavy (non-hydrogen) atoms. The molecule has 0 fully saturated rings. The van der Waals surface area contributed by atoms with Crippen LogP contribution in [0, 0.1) is 0 Å². The first-order chi connectivity index (χ1) is 13.3. The number of ether oxygens (including phenoxy) is 1. The third kappa shape index (κ3) is 6.25. The summed E-state index contributed by atoms with van der Waals surface area (Å²) in [6, 6.07) is 13.4. The van der Waals surface area contributed by atoms with E-state index in [0.29, 0.717) is 31.2 Å². The summed E-state index contributed by atoms with van der Waals surface area (Å²) in [6.07, 6.45) is 2.30. The van der Waals surface area contributed by atoms with Crippen LogP contribution in [0.15, 0.2) is 58.1 Å². The van der Waals surface area contributed by atoms with E-state index in [0.717, 1.165) is 24.1 Å². The highest BCUT2D eigenvalue weighted by molar-refractivity contribution is 14.0. The van der Waals surface area contributed by atoms with Crippen LogP contribution >= 0.6 is 24.0 Å². The lowest BCUT2D eigenvalue weighted by Gasteiger charge is -2.22. The van der Waals surface area contributed by atoms with Crippen molar-refractivity contribution in [2.24, 2.45) is 4.99 Å². The highest BCUT2D eigenvalue weighted by Crippen LogP contribution is 2.14.